The van der Waals surface area contributed by atoms with Gasteiger partial charge in [0.05, 0.1) is 0 Å². The van der Waals surface area contributed by atoms with Gasteiger partial charge < -0.3 is 0 Å². The van der Waals surface area contributed by atoms with Crippen molar-refractivity contribution in [3.63, 3.8) is 0 Å². The van der Waals surface area contributed by atoms with Crippen LogP contribution in [0.4, 0.5) is 0 Å². The molecule has 0 aliphatic rings. The molecule has 0 rings (SSSR count). The van der Waals surface area contributed by atoms with E-state index in [2.05, 4.69) is 83.2 Å². The molecule has 0 unspecified atom stereocenters. The summed E-state index contributed by atoms with van der Waals surface area (Å²) in [6.45, 7) is 14.3. The Morgan fingerprint density at radius 2 is 1.18 bits per heavy atom. The molecule has 22 heavy (non-hydrogen) atoms. The molecule has 0 aromatic carbocycles. The van der Waals surface area contributed by atoms with Gasteiger partial charge >= 0.3 is 0 Å². The number of hydrogen-bond acceptors (Lipinski definition) is 0. The van der Waals surface area contributed by atoms with Crippen molar-refractivity contribution in [2.45, 2.75) is 41.0 Å². The first-order chi connectivity index (χ1) is 9.95. The van der Waals surface area contributed by atoms with Gasteiger partial charge in [-0.05, 0) is 27.2 Å². The summed E-state index contributed by atoms with van der Waals surface area (Å²) in [7, 11) is 0. The van der Waals surface area contributed by atoms with Crippen molar-refractivity contribution < 1.29 is 32.7 Å². The minimum absolute atomic E-state index is 0. The molecule has 0 heterocycles. The molecule has 0 aromatic rings. The first-order valence-corrected chi connectivity index (χ1v) is 7.48. The van der Waals surface area contributed by atoms with Gasteiger partial charge in [-0.2, -0.15) is 0 Å². The molecule has 0 aromatic heterocycles. The molecule has 0 atom stereocenters. The van der Waals surface area contributed by atoms with Crippen LogP contribution in [-0.4, -0.2) is 0 Å². The van der Waals surface area contributed by atoms with Crippen molar-refractivity contribution in [2.75, 3.05) is 0 Å². The summed E-state index contributed by atoms with van der Waals surface area (Å²) in [4.78, 5) is 0. The van der Waals surface area contributed by atoms with E-state index >= 15 is 0 Å². The monoisotopic (exact) mass is 370 g/mol. The Hall–Kier alpha value is -0.846. The third-order valence-corrected chi connectivity index (χ3v) is 2.87. The zero-order chi connectivity index (χ0) is 16.1. The van der Waals surface area contributed by atoms with Gasteiger partial charge in [-0.1, -0.05) is 79.2 Å². The van der Waals surface area contributed by atoms with Crippen LogP contribution >= 0.6 is 0 Å². The summed E-state index contributed by atoms with van der Waals surface area (Å²) in [5.74, 6) is 0. The predicted octanol–water partition coefficient (Wildman–Crippen LogP) is 6.68. The van der Waals surface area contributed by atoms with Crippen LogP contribution in [0, 0.1) is 6.92 Å². The van der Waals surface area contributed by atoms with E-state index in [0.717, 1.165) is 12.0 Å². The van der Waals surface area contributed by atoms with E-state index in [1.54, 1.807) is 0 Å². The molecule has 0 aliphatic carbocycles. The quantitative estimate of drug-likeness (QED) is 0.346. The van der Waals surface area contributed by atoms with Crippen molar-refractivity contribution in [1.82, 2.24) is 0 Å². The number of hydrogen-bond donors (Lipinski definition) is 0. The van der Waals surface area contributed by atoms with Gasteiger partial charge in [0, 0.05) is 32.7 Å². The molecule has 0 bridgehead atoms. The third kappa shape index (κ3) is 15.5. The Morgan fingerprint density at radius 3 is 1.59 bits per heavy atom. The van der Waals surface area contributed by atoms with Crippen molar-refractivity contribution in [2.24, 2.45) is 0 Å². The first kappa shape index (κ1) is 23.4. The minimum atomic E-state index is 0. The standard InChI is InChI=1S/C21H29.Y/c1-7-19(4)15-11-17-21(6)14-9-8-13-20(5)16-10-12-18(2)3;/h8-17H,2,7H2,1,3-6H3;/q-1;/b9-8+,16-10+,17-11+,18-12-,19-15+,20-13+,21-14+;. The van der Waals surface area contributed by atoms with E-state index in [9.17, 15) is 0 Å². The summed E-state index contributed by atoms with van der Waals surface area (Å²) in [5, 5.41) is 0. The fourth-order valence-electron chi connectivity index (χ4n) is 1.37. The average Bonchev–Trinajstić information content (AvgIpc) is 2.43. The molecule has 0 amide bonds. The molecule has 117 valence electrons. The largest absolute Gasteiger partial charge is 0.242 e. The Morgan fingerprint density at radius 1 is 0.727 bits per heavy atom. The molecule has 0 spiro atoms. The molecular weight excluding hydrogens is 341 g/mol. The number of rotatable bonds is 7. The zero-order valence-electron chi connectivity index (χ0n) is 14.8. The minimum Gasteiger partial charge on any atom is -0.242 e. The second-order valence-corrected chi connectivity index (χ2v) is 5.30. The van der Waals surface area contributed by atoms with Crippen LogP contribution in [-0.2, 0) is 32.7 Å². The first-order valence-electron chi connectivity index (χ1n) is 7.48. The third-order valence-electron chi connectivity index (χ3n) is 2.87. The van der Waals surface area contributed by atoms with Crippen molar-refractivity contribution in [3.05, 3.63) is 90.0 Å². The maximum absolute atomic E-state index is 3.83. The van der Waals surface area contributed by atoms with E-state index in [1.165, 1.54) is 16.7 Å². The Bertz CT molecular complexity index is 502. The van der Waals surface area contributed by atoms with Crippen LogP contribution in [0.15, 0.2) is 83.1 Å². The maximum atomic E-state index is 3.83. The van der Waals surface area contributed by atoms with Crippen LogP contribution in [0.5, 0.6) is 0 Å². The van der Waals surface area contributed by atoms with E-state index in [0.29, 0.717) is 0 Å². The summed E-state index contributed by atoms with van der Waals surface area (Å²) in [5.41, 5.74) is 4.91. The molecule has 0 N–H and O–H groups in total. The molecule has 0 fully saturated rings. The van der Waals surface area contributed by atoms with Gasteiger partial charge in [-0.3, -0.25) is 0 Å². The van der Waals surface area contributed by atoms with Crippen LogP contribution in [0.25, 0.3) is 0 Å². The number of allylic oxidation sites excluding steroid dienone is 14. The molecule has 0 saturated heterocycles. The summed E-state index contributed by atoms with van der Waals surface area (Å²) >= 11 is 0. The van der Waals surface area contributed by atoms with Crippen LogP contribution < -0.4 is 0 Å². The van der Waals surface area contributed by atoms with Crippen LogP contribution in [0.1, 0.15) is 41.0 Å². The second kappa shape index (κ2) is 15.1. The Kier molecular flexibility index (Phi) is 16.0. The summed E-state index contributed by atoms with van der Waals surface area (Å²) < 4.78 is 0. The van der Waals surface area contributed by atoms with Crippen molar-refractivity contribution >= 4 is 0 Å². The van der Waals surface area contributed by atoms with Gasteiger partial charge in [-0.15, -0.1) is 6.08 Å². The molecule has 0 nitrogen and oxygen atoms in total. The molecule has 1 heteroatoms. The predicted molar refractivity (Wildman–Crippen MR) is 98.1 cm³/mol. The van der Waals surface area contributed by atoms with Gasteiger partial charge in [-0.25, -0.2) is 18.6 Å². The van der Waals surface area contributed by atoms with Gasteiger partial charge in [0.25, 0.3) is 0 Å². The van der Waals surface area contributed by atoms with E-state index in [1.807, 2.05) is 19.1 Å². The van der Waals surface area contributed by atoms with Gasteiger partial charge in [0.15, 0.2) is 0 Å². The van der Waals surface area contributed by atoms with Crippen LogP contribution in [0.2, 0.25) is 0 Å². The second-order valence-electron chi connectivity index (χ2n) is 5.30. The molecule has 1 radical (unpaired) electrons. The molecule has 0 saturated carbocycles. The smallest absolute Gasteiger partial charge is 0 e. The fourth-order valence-corrected chi connectivity index (χ4v) is 1.37. The van der Waals surface area contributed by atoms with E-state index < -0.39 is 0 Å². The maximum Gasteiger partial charge on any atom is 0 e. The topological polar surface area (TPSA) is 0 Å². The SMILES string of the molecule is [CH2-]/C(C)=C/C=C/C(C)=C/C=C/C=C(C)/C=C/C=C(\C)CC.[Y]. The summed E-state index contributed by atoms with van der Waals surface area (Å²) in [6, 6.07) is 0. The normalized spacial score (nSPS) is 15.1. The average molecular weight is 370 g/mol. The van der Waals surface area contributed by atoms with E-state index in [-0.39, 0.29) is 32.7 Å². The Balaban J connectivity index is 0. The van der Waals surface area contributed by atoms with E-state index in [4.69, 9.17) is 0 Å². The molecule has 0 aliphatic heterocycles. The van der Waals surface area contributed by atoms with Gasteiger partial charge in [0.2, 0.25) is 0 Å². The Labute approximate surface area is 163 Å². The van der Waals surface area contributed by atoms with Crippen molar-refractivity contribution in [3.8, 4) is 0 Å². The van der Waals surface area contributed by atoms with Gasteiger partial charge in [0.1, 0.15) is 0 Å². The summed E-state index contributed by atoms with van der Waals surface area (Å²) in [6.07, 6.45) is 21.9. The van der Waals surface area contributed by atoms with Crippen molar-refractivity contribution in [1.29, 1.82) is 0 Å². The fraction of sp³-hybridized carbons (Fsp3) is 0.286. The molecular formula is C21H29Y-. The zero-order valence-corrected chi connectivity index (χ0v) is 17.6. The van der Waals surface area contributed by atoms with Crippen LogP contribution in [0.3, 0.4) is 0 Å².